The van der Waals surface area contributed by atoms with Crippen molar-refractivity contribution in [2.45, 2.75) is 4.90 Å². The molecule has 0 fully saturated rings. The molecule has 0 bridgehead atoms. The highest BCUT2D eigenvalue weighted by molar-refractivity contribution is 9.10. The Morgan fingerprint density at radius 3 is 2.45 bits per heavy atom. The Hall–Kier alpha value is -1.58. The van der Waals surface area contributed by atoms with E-state index in [1.807, 2.05) is 12.3 Å². The van der Waals surface area contributed by atoms with E-state index in [2.05, 4.69) is 21.2 Å². The first kappa shape index (κ1) is 14.8. The van der Waals surface area contributed by atoms with Crippen LogP contribution in [0.25, 0.3) is 0 Å². The number of halogens is 3. The zero-order chi connectivity index (χ0) is 14.7. The number of benzene rings is 2. The Morgan fingerprint density at radius 2 is 1.90 bits per heavy atom. The van der Waals surface area contributed by atoms with Gasteiger partial charge in [-0.25, -0.2) is 8.78 Å². The quantitative estimate of drug-likeness (QED) is 0.782. The van der Waals surface area contributed by atoms with Gasteiger partial charge in [-0.05, 0) is 30.5 Å². The first-order valence-corrected chi connectivity index (χ1v) is 7.57. The molecule has 2 aromatic carbocycles. The molecule has 1 N–H and O–H groups in total. The van der Waals surface area contributed by atoms with Gasteiger partial charge in [0.25, 0.3) is 0 Å². The smallest absolute Gasteiger partial charge is 0.150 e. The molecule has 0 atom stereocenters. The van der Waals surface area contributed by atoms with Crippen LogP contribution in [-0.4, -0.2) is 6.26 Å². The van der Waals surface area contributed by atoms with Crippen LogP contribution in [0.2, 0.25) is 0 Å². The van der Waals surface area contributed by atoms with Crippen molar-refractivity contribution in [3.63, 3.8) is 0 Å². The van der Waals surface area contributed by atoms with E-state index in [9.17, 15) is 14.0 Å². The number of rotatable bonds is 3. The second kappa shape index (κ2) is 6.25. The highest BCUT2D eigenvalue weighted by atomic mass is 79.9. The van der Waals surface area contributed by atoms with Crippen molar-refractivity contribution in [1.82, 2.24) is 0 Å². The van der Waals surface area contributed by atoms with Crippen LogP contribution in [0, 0.1) is 23.0 Å². The highest BCUT2D eigenvalue weighted by Gasteiger charge is 2.14. The van der Waals surface area contributed by atoms with E-state index in [1.165, 1.54) is 11.8 Å². The predicted octanol–water partition coefficient (Wildman–Crippen LogP) is 5.06. The minimum absolute atomic E-state index is 0.275. The number of hydrogen-bond acceptors (Lipinski definition) is 3. The molecule has 0 radical (unpaired) electrons. The molecule has 0 spiro atoms. The SMILES string of the molecule is CSc1cccc(Nc2c(F)cc(Br)cc2F)c1C#N. The van der Waals surface area contributed by atoms with Crippen molar-refractivity contribution in [3.05, 3.63) is 52.0 Å². The highest BCUT2D eigenvalue weighted by Crippen LogP contribution is 2.31. The van der Waals surface area contributed by atoms with Crippen LogP contribution in [-0.2, 0) is 0 Å². The largest absolute Gasteiger partial charge is 0.350 e. The first-order chi connectivity index (χ1) is 9.56. The first-order valence-electron chi connectivity index (χ1n) is 5.55. The Labute approximate surface area is 127 Å². The second-order valence-electron chi connectivity index (χ2n) is 3.86. The van der Waals surface area contributed by atoms with Crippen LogP contribution < -0.4 is 5.32 Å². The fourth-order valence-electron chi connectivity index (χ4n) is 1.72. The number of thioether (sulfide) groups is 1. The summed E-state index contributed by atoms with van der Waals surface area (Å²) in [7, 11) is 0. The summed E-state index contributed by atoms with van der Waals surface area (Å²) < 4.78 is 27.9. The maximum Gasteiger partial charge on any atom is 0.150 e. The minimum Gasteiger partial charge on any atom is -0.350 e. The van der Waals surface area contributed by atoms with Gasteiger partial charge >= 0.3 is 0 Å². The lowest BCUT2D eigenvalue weighted by molar-refractivity contribution is 0.589. The fourth-order valence-corrected chi connectivity index (χ4v) is 2.69. The Kier molecular flexibility index (Phi) is 4.63. The molecule has 0 saturated heterocycles. The Balaban J connectivity index is 2.49. The van der Waals surface area contributed by atoms with Crippen LogP contribution in [0.15, 0.2) is 39.7 Å². The zero-order valence-electron chi connectivity index (χ0n) is 10.4. The van der Waals surface area contributed by atoms with Crippen molar-refractivity contribution in [3.8, 4) is 6.07 Å². The summed E-state index contributed by atoms with van der Waals surface area (Å²) in [6, 6.07) is 9.49. The fraction of sp³-hybridized carbons (Fsp3) is 0.0714. The molecule has 2 nitrogen and oxygen atoms in total. The van der Waals surface area contributed by atoms with E-state index in [0.717, 1.165) is 17.0 Å². The number of nitrogens with one attached hydrogen (secondary N) is 1. The van der Waals surface area contributed by atoms with Crippen molar-refractivity contribution in [1.29, 1.82) is 5.26 Å². The maximum atomic E-state index is 13.8. The Morgan fingerprint density at radius 1 is 1.25 bits per heavy atom. The zero-order valence-corrected chi connectivity index (χ0v) is 12.8. The van der Waals surface area contributed by atoms with Crippen molar-refractivity contribution in [2.24, 2.45) is 0 Å². The van der Waals surface area contributed by atoms with Gasteiger partial charge in [-0.1, -0.05) is 22.0 Å². The Bertz CT molecular complexity index is 675. The van der Waals surface area contributed by atoms with E-state index in [-0.39, 0.29) is 5.69 Å². The maximum absolute atomic E-state index is 13.8. The molecule has 0 aromatic heterocycles. The number of hydrogen-bond donors (Lipinski definition) is 1. The third-order valence-electron chi connectivity index (χ3n) is 2.62. The van der Waals surface area contributed by atoms with Crippen molar-refractivity contribution < 1.29 is 8.78 Å². The molecule has 102 valence electrons. The average molecular weight is 355 g/mol. The van der Waals surface area contributed by atoms with Gasteiger partial charge in [0.2, 0.25) is 0 Å². The molecule has 0 unspecified atom stereocenters. The normalized spacial score (nSPS) is 10.2. The lowest BCUT2D eigenvalue weighted by Crippen LogP contribution is -2.00. The third kappa shape index (κ3) is 2.94. The van der Waals surface area contributed by atoms with Crippen LogP contribution >= 0.6 is 27.7 Å². The van der Waals surface area contributed by atoms with Gasteiger partial charge in [0.05, 0.1) is 11.3 Å². The van der Waals surface area contributed by atoms with Gasteiger partial charge in [-0.15, -0.1) is 11.8 Å². The van der Waals surface area contributed by atoms with Gasteiger partial charge in [0.15, 0.2) is 11.6 Å². The molecule has 0 aliphatic heterocycles. The summed E-state index contributed by atoms with van der Waals surface area (Å²) in [6.45, 7) is 0. The summed E-state index contributed by atoms with van der Waals surface area (Å²) in [5.41, 5.74) is 0.462. The summed E-state index contributed by atoms with van der Waals surface area (Å²) in [6.07, 6.45) is 1.83. The monoisotopic (exact) mass is 354 g/mol. The van der Waals surface area contributed by atoms with Gasteiger partial charge in [-0.3, -0.25) is 0 Å². The average Bonchev–Trinajstić information content (AvgIpc) is 2.42. The molecule has 0 heterocycles. The molecule has 0 amide bonds. The van der Waals surface area contributed by atoms with Gasteiger partial charge in [0, 0.05) is 9.37 Å². The second-order valence-corrected chi connectivity index (χ2v) is 5.63. The molecular formula is C14H9BrF2N2S. The summed E-state index contributed by atoms with van der Waals surface area (Å²) in [5.74, 6) is -1.45. The summed E-state index contributed by atoms with van der Waals surface area (Å²) >= 11 is 4.42. The number of anilines is 2. The van der Waals surface area contributed by atoms with E-state index >= 15 is 0 Å². The number of nitriles is 1. The van der Waals surface area contributed by atoms with Gasteiger partial charge in [0.1, 0.15) is 11.8 Å². The number of nitrogens with zero attached hydrogens (tertiary/aromatic N) is 1. The lowest BCUT2D eigenvalue weighted by atomic mass is 10.2. The van der Waals surface area contributed by atoms with Gasteiger partial charge in [-0.2, -0.15) is 5.26 Å². The molecule has 6 heteroatoms. The van der Waals surface area contributed by atoms with Crippen LogP contribution in [0.1, 0.15) is 5.56 Å². The van der Waals surface area contributed by atoms with Crippen molar-refractivity contribution in [2.75, 3.05) is 11.6 Å². The van der Waals surface area contributed by atoms with E-state index in [0.29, 0.717) is 15.7 Å². The molecule has 0 aliphatic carbocycles. The van der Waals surface area contributed by atoms with Crippen molar-refractivity contribution >= 4 is 39.1 Å². The minimum atomic E-state index is -0.727. The van der Waals surface area contributed by atoms with Crippen LogP contribution in [0.5, 0.6) is 0 Å². The van der Waals surface area contributed by atoms with E-state index in [1.54, 1.807) is 18.2 Å². The molecule has 2 rings (SSSR count). The lowest BCUT2D eigenvalue weighted by Gasteiger charge is -2.12. The molecule has 20 heavy (non-hydrogen) atoms. The van der Waals surface area contributed by atoms with E-state index < -0.39 is 11.6 Å². The standard InChI is InChI=1S/C14H9BrF2N2S/c1-20-13-4-2-3-12(9(13)7-18)19-14-10(16)5-8(15)6-11(14)17/h2-6,19H,1H3. The van der Waals surface area contributed by atoms with Gasteiger partial charge < -0.3 is 5.32 Å². The third-order valence-corrected chi connectivity index (χ3v) is 3.86. The molecular weight excluding hydrogens is 346 g/mol. The predicted molar refractivity (Wildman–Crippen MR) is 80.3 cm³/mol. The summed E-state index contributed by atoms with van der Waals surface area (Å²) in [5, 5.41) is 11.8. The molecule has 2 aromatic rings. The van der Waals surface area contributed by atoms with E-state index in [4.69, 9.17) is 0 Å². The molecule has 0 saturated carbocycles. The van der Waals surface area contributed by atoms with Crippen LogP contribution in [0.3, 0.4) is 0 Å². The van der Waals surface area contributed by atoms with Crippen LogP contribution in [0.4, 0.5) is 20.2 Å². The molecule has 0 aliphatic rings. The topological polar surface area (TPSA) is 35.8 Å². The summed E-state index contributed by atoms with van der Waals surface area (Å²) in [4.78, 5) is 0.746.